The fraction of sp³-hybridized carbons (Fsp3) is 0.294. The van der Waals surface area contributed by atoms with E-state index in [-0.39, 0.29) is 0 Å². The summed E-state index contributed by atoms with van der Waals surface area (Å²) in [7, 11) is 3.24. The lowest BCUT2D eigenvalue weighted by atomic mass is 9.98. The summed E-state index contributed by atoms with van der Waals surface area (Å²) >= 11 is 0. The highest BCUT2D eigenvalue weighted by Gasteiger charge is 2.12. The number of hydrogen-bond donors (Lipinski definition) is 1. The number of rotatable bonds is 6. The molecule has 4 heteroatoms. The van der Waals surface area contributed by atoms with Crippen LogP contribution in [0.25, 0.3) is 11.1 Å². The summed E-state index contributed by atoms with van der Waals surface area (Å²) in [5.41, 5.74) is 8.94. The molecule has 0 aliphatic carbocycles. The van der Waals surface area contributed by atoms with E-state index in [2.05, 4.69) is 0 Å². The molecule has 0 aliphatic heterocycles. The van der Waals surface area contributed by atoms with Gasteiger partial charge < -0.3 is 19.9 Å². The molecule has 0 saturated heterocycles. The number of benzene rings is 2. The van der Waals surface area contributed by atoms with Crippen molar-refractivity contribution in [2.45, 2.75) is 13.5 Å². The molecule has 0 aliphatic rings. The Balaban J connectivity index is 2.53. The van der Waals surface area contributed by atoms with Crippen LogP contribution in [0.3, 0.4) is 0 Å². The zero-order chi connectivity index (χ0) is 15.2. The molecule has 0 heterocycles. The van der Waals surface area contributed by atoms with E-state index in [0.29, 0.717) is 24.7 Å². The minimum atomic E-state index is 0.425. The number of hydrogen-bond acceptors (Lipinski definition) is 4. The maximum absolute atomic E-state index is 5.87. The first-order valence-corrected chi connectivity index (χ1v) is 6.91. The van der Waals surface area contributed by atoms with Crippen LogP contribution in [0.1, 0.15) is 12.5 Å². The van der Waals surface area contributed by atoms with Gasteiger partial charge in [-0.25, -0.2) is 0 Å². The molecular formula is C17H21NO3. The monoisotopic (exact) mass is 287 g/mol. The van der Waals surface area contributed by atoms with Crippen LogP contribution in [0.5, 0.6) is 17.2 Å². The van der Waals surface area contributed by atoms with Gasteiger partial charge in [-0.15, -0.1) is 0 Å². The van der Waals surface area contributed by atoms with Gasteiger partial charge in [0.2, 0.25) is 0 Å². The largest absolute Gasteiger partial charge is 0.494 e. The van der Waals surface area contributed by atoms with Crippen molar-refractivity contribution in [3.05, 3.63) is 42.0 Å². The third-order valence-corrected chi connectivity index (χ3v) is 3.29. The van der Waals surface area contributed by atoms with Gasteiger partial charge in [-0.05, 0) is 47.9 Å². The van der Waals surface area contributed by atoms with Gasteiger partial charge in [0, 0.05) is 6.54 Å². The molecule has 2 aromatic carbocycles. The topological polar surface area (TPSA) is 53.7 Å². The SMILES string of the molecule is CCOc1cccc(-c2cc(OC)c(OC)cc2CN)c1. The molecule has 2 rings (SSSR count). The van der Waals surface area contributed by atoms with Gasteiger partial charge in [0.05, 0.1) is 20.8 Å². The van der Waals surface area contributed by atoms with E-state index in [4.69, 9.17) is 19.9 Å². The summed E-state index contributed by atoms with van der Waals surface area (Å²) < 4.78 is 16.3. The molecule has 112 valence electrons. The van der Waals surface area contributed by atoms with Gasteiger partial charge in [0.25, 0.3) is 0 Å². The fourth-order valence-electron chi connectivity index (χ4n) is 2.28. The molecule has 0 saturated carbocycles. The Kier molecular flexibility index (Phi) is 5.06. The van der Waals surface area contributed by atoms with Gasteiger partial charge in [-0.1, -0.05) is 12.1 Å². The van der Waals surface area contributed by atoms with E-state index < -0.39 is 0 Å². The van der Waals surface area contributed by atoms with Crippen LogP contribution in [0.4, 0.5) is 0 Å². The lowest BCUT2D eigenvalue weighted by molar-refractivity contribution is 0.340. The van der Waals surface area contributed by atoms with Crippen molar-refractivity contribution >= 4 is 0 Å². The molecule has 0 radical (unpaired) electrons. The Bertz CT molecular complexity index is 611. The van der Waals surface area contributed by atoms with Crippen LogP contribution in [0, 0.1) is 0 Å². The number of methoxy groups -OCH3 is 2. The average Bonchev–Trinajstić information content (AvgIpc) is 2.54. The van der Waals surface area contributed by atoms with Crippen LogP contribution < -0.4 is 19.9 Å². The van der Waals surface area contributed by atoms with Crippen LogP contribution in [0.15, 0.2) is 36.4 Å². The van der Waals surface area contributed by atoms with Crippen molar-refractivity contribution in [3.8, 4) is 28.4 Å². The third kappa shape index (κ3) is 3.28. The Labute approximate surface area is 125 Å². The maximum atomic E-state index is 5.87. The van der Waals surface area contributed by atoms with Crippen molar-refractivity contribution in [2.75, 3.05) is 20.8 Å². The molecule has 0 amide bonds. The smallest absolute Gasteiger partial charge is 0.161 e. The van der Waals surface area contributed by atoms with Gasteiger partial charge in [0.1, 0.15) is 5.75 Å². The summed E-state index contributed by atoms with van der Waals surface area (Å²) in [6, 6.07) is 11.8. The molecule has 0 unspecified atom stereocenters. The molecule has 0 spiro atoms. The predicted octanol–water partition coefficient (Wildman–Crippen LogP) is 3.23. The molecule has 21 heavy (non-hydrogen) atoms. The second-order valence-electron chi connectivity index (χ2n) is 4.53. The van der Waals surface area contributed by atoms with E-state index in [1.165, 1.54) is 0 Å². The second kappa shape index (κ2) is 6.99. The van der Waals surface area contributed by atoms with Crippen LogP contribution >= 0.6 is 0 Å². The molecule has 0 fully saturated rings. The average molecular weight is 287 g/mol. The standard InChI is InChI=1S/C17H21NO3/c1-4-21-14-7-5-6-12(8-14)15-10-17(20-3)16(19-2)9-13(15)11-18/h5-10H,4,11,18H2,1-3H3. The molecule has 2 N–H and O–H groups in total. The summed E-state index contributed by atoms with van der Waals surface area (Å²) in [4.78, 5) is 0. The molecule has 0 aromatic heterocycles. The minimum absolute atomic E-state index is 0.425. The van der Waals surface area contributed by atoms with Crippen LogP contribution in [0.2, 0.25) is 0 Å². The first-order valence-electron chi connectivity index (χ1n) is 6.91. The van der Waals surface area contributed by atoms with Crippen molar-refractivity contribution in [2.24, 2.45) is 5.73 Å². The van der Waals surface area contributed by atoms with E-state index in [0.717, 1.165) is 22.4 Å². The first-order chi connectivity index (χ1) is 10.2. The molecular weight excluding hydrogens is 266 g/mol. The zero-order valence-corrected chi connectivity index (χ0v) is 12.7. The van der Waals surface area contributed by atoms with Gasteiger partial charge in [-0.2, -0.15) is 0 Å². The number of nitrogens with two attached hydrogens (primary N) is 1. The highest BCUT2D eigenvalue weighted by molar-refractivity contribution is 5.72. The van der Waals surface area contributed by atoms with Crippen LogP contribution in [-0.4, -0.2) is 20.8 Å². The third-order valence-electron chi connectivity index (χ3n) is 3.29. The predicted molar refractivity (Wildman–Crippen MR) is 84.0 cm³/mol. The summed E-state index contributed by atoms with van der Waals surface area (Å²) in [5, 5.41) is 0. The summed E-state index contributed by atoms with van der Waals surface area (Å²) in [6.07, 6.45) is 0. The molecule has 0 bridgehead atoms. The van der Waals surface area contributed by atoms with E-state index in [1.807, 2.05) is 43.3 Å². The van der Waals surface area contributed by atoms with Gasteiger partial charge in [-0.3, -0.25) is 0 Å². The van der Waals surface area contributed by atoms with Crippen molar-refractivity contribution in [1.82, 2.24) is 0 Å². The van der Waals surface area contributed by atoms with E-state index in [9.17, 15) is 0 Å². The zero-order valence-electron chi connectivity index (χ0n) is 12.7. The molecule has 4 nitrogen and oxygen atoms in total. The maximum Gasteiger partial charge on any atom is 0.161 e. The van der Waals surface area contributed by atoms with Crippen molar-refractivity contribution in [1.29, 1.82) is 0 Å². The Morgan fingerprint density at radius 3 is 2.33 bits per heavy atom. The lowest BCUT2D eigenvalue weighted by Crippen LogP contribution is -2.02. The van der Waals surface area contributed by atoms with Gasteiger partial charge in [0.15, 0.2) is 11.5 Å². The first kappa shape index (κ1) is 15.2. The quantitative estimate of drug-likeness (QED) is 0.886. The van der Waals surface area contributed by atoms with Crippen molar-refractivity contribution < 1.29 is 14.2 Å². The highest BCUT2D eigenvalue weighted by atomic mass is 16.5. The Morgan fingerprint density at radius 1 is 1.00 bits per heavy atom. The molecule has 2 aromatic rings. The Morgan fingerprint density at radius 2 is 1.71 bits per heavy atom. The second-order valence-corrected chi connectivity index (χ2v) is 4.53. The summed E-state index contributed by atoms with van der Waals surface area (Å²) in [5.74, 6) is 2.21. The van der Waals surface area contributed by atoms with E-state index >= 15 is 0 Å². The molecule has 0 atom stereocenters. The highest BCUT2D eigenvalue weighted by Crippen LogP contribution is 2.36. The van der Waals surface area contributed by atoms with Gasteiger partial charge >= 0.3 is 0 Å². The fourth-order valence-corrected chi connectivity index (χ4v) is 2.28. The summed E-state index contributed by atoms with van der Waals surface area (Å²) in [6.45, 7) is 3.03. The van der Waals surface area contributed by atoms with Crippen LogP contribution in [-0.2, 0) is 6.54 Å². The van der Waals surface area contributed by atoms with E-state index in [1.54, 1.807) is 14.2 Å². The van der Waals surface area contributed by atoms with Crippen molar-refractivity contribution in [3.63, 3.8) is 0 Å². The minimum Gasteiger partial charge on any atom is -0.494 e. The number of ether oxygens (including phenoxy) is 3. The lowest BCUT2D eigenvalue weighted by Gasteiger charge is -2.15. The normalized spacial score (nSPS) is 10.3. The Hall–Kier alpha value is -2.20.